The predicted molar refractivity (Wildman–Crippen MR) is 123 cm³/mol. The number of aromatic nitrogens is 1. The van der Waals surface area contributed by atoms with E-state index in [1.807, 2.05) is 54.6 Å². The largest absolute Gasteiger partial charge is 0.496 e. The van der Waals surface area contributed by atoms with Gasteiger partial charge in [0.25, 0.3) is 0 Å². The Morgan fingerprint density at radius 1 is 1.06 bits per heavy atom. The van der Waals surface area contributed by atoms with Gasteiger partial charge in [-0.3, -0.25) is 4.79 Å². The van der Waals surface area contributed by atoms with E-state index in [1.165, 1.54) is 12.1 Å². The molecule has 0 atom stereocenters. The van der Waals surface area contributed by atoms with Crippen LogP contribution in [-0.2, 0) is 11.3 Å². The Kier molecular flexibility index (Phi) is 6.38. The summed E-state index contributed by atoms with van der Waals surface area (Å²) in [5.74, 6) is 0.297. The molecule has 0 saturated carbocycles. The Hall–Kier alpha value is -3.51. The molecular formula is C25H21FN2O2S. The van der Waals surface area contributed by atoms with Crippen LogP contribution in [0.1, 0.15) is 22.6 Å². The number of ether oxygens (including phenoxy) is 1. The third-order valence-corrected chi connectivity index (χ3v) is 5.90. The lowest BCUT2D eigenvalue weighted by Crippen LogP contribution is -2.22. The van der Waals surface area contributed by atoms with Crippen molar-refractivity contribution in [3.63, 3.8) is 0 Å². The highest BCUT2D eigenvalue weighted by atomic mass is 32.1. The molecule has 156 valence electrons. The molecule has 1 aromatic heterocycles. The van der Waals surface area contributed by atoms with Gasteiger partial charge in [0, 0.05) is 12.1 Å². The van der Waals surface area contributed by atoms with Crippen molar-refractivity contribution in [3.05, 3.63) is 94.7 Å². The van der Waals surface area contributed by atoms with Crippen LogP contribution < -0.4 is 10.1 Å². The minimum atomic E-state index is -0.298. The molecule has 0 fully saturated rings. The molecule has 31 heavy (non-hydrogen) atoms. The van der Waals surface area contributed by atoms with Crippen molar-refractivity contribution in [1.82, 2.24) is 10.3 Å². The Morgan fingerprint density at radius 3 is 2.58 bits per heavy atom. The number of methoxy groups -OCH3 is 1. The first kappa shape index (κ1) is 20.8. The number of amides is 1. The van der Waals surface area contributed by atoms with E-state index < -0.39 is 0 Å². The van der Waals surface area contributed by atoms with Crippen LogP contribution in [0.25, 0.3) is 21.9 Å². The summed E-state index contributed by atoms with van der Waals surface area (Å²) in [6.45, 7) is 0.334. The molecule has 4 nitrogen and oxygen atoms in total. The minimum absolute atomic E-state index is 0.135. The lowest BCUT2D eigenvalue weighted by atomic mass is 10.1. The van der Waals surface area contributed by atoms with E-state index in [0.29, 0.717) is 6.54 Å². The van der Waals surface area contributed by atoms with Crippen LogP contribution in [0.4, 0.5) is 4.39 Å². The predicted octanol–water partition coefficient (Wildman–Crippen LogP) is 5.69. The number of rotatable bonds is 7. The van der Waals surface area contributed by atoms with Crippen LogP contribution in [0.15, 0.2) is 72.8 Å². The highest BCUT2D eigenvalue weighted by Gasteiger charge is 2.14. The van der Waals surface area contributed by atoms with Gasteiger partial charge in [0.15, 0.2) is 0 Å². The van der Waals surface area contributed by atoms with E-state index in [0.717, 1.165) is 37.7 Å². The summed E-state index contributed by atoms with van der Waals surface area (Å²) in [4.78, 5) is 17.5. The van der Waals surface area contributed by atoms with Gasteiger partial charge in [-0.25, -0.2) is 9.37 Å². The van der Waals surface area contributed by atoms with Gasteiger partial charge in [0.2, 0.25) is 5.91 Å². The second-order valence-electron chi connectivity index (χ2n) is 6.98. The van der Waals surface area contributed by atoms with Crippen molar-refractivity contribution in [3.8, 4) is 5.75 Å². The summed E-state index contributed by atoms with van der Waals surface area (Å²) in [6.07, 6.45) is 2.12. The molecule has 1 amide bonds. The van der Waals surface area contributed by atoms with Crippen LogP contribution in [0.3, 0.4) is 0 Å². The van der Waals surface area contributed by atoms with Crippen molar-refractivity contribution >= 4 is 39.1 Å². The summed E-state index contributed by atoms with van der Waals surface area (Å²) in [6, 6.07) is 21.7. The van der Waals surface area contributed by atoms with Gasteiger partial charge < -0.3 is 10.1 Å². The molecule has 1 N–H and O–H groups in total. The molecule has 4 rings (SSSR count). The number of fused-ring (bicyclic) bond motifs is 1. The van der Waals surface area contributed by atoms with E-state index >= 15 is 0 Å². The van der Waals surface area contributed by atoms with Gasteiger partial charge in [-0.1, -0.05) is 42.5 Å². The molecule has 0 aliphatic heterocycles. The number of nitrogens with one attached hydrogen (secondary N) is 1. The molecule has 0 saturated heterocycles. The van der Waals surface area contributed by atoms with Crippen LogP contribution in [0.5, 0.6) is 5.75 Å². The highest BCUT2D eigenvalue weighted by molar-refractivity contribution is 7.19. The second kappa shape index (κ2) is 9.53. The van der Waals surface area contributed by atoms with Crippen LogP contribution in [0.2, 0.25) is 0 Å². The molecule has 3 aromatic carbocycles. The standard InChI is InChI=1S/C25H21FN2O2S/c1-30-22-8-4-2-6-18(22)14-19(25-28-21-7-3-5-9-23(21)31-25)15-24(29)27-16-17-10-12-20(26)13-11-17/h2-14H,15-16H2,1H3,(H,27,29). The lowest BCUT2D eigenvalue weighted by molar-refractivity contribution is -0.120. The molecule has 0 aliphatic rings. The quantitative estimate of drug-likeness (QED) is 0.408. The average molecular weight is 433 g/mol. The van der Waals surface area contributed by atoms with E-state index in [9.17, 15) is 9.18 Å². The van der Waals surface area contributed by atoms with Gasteiger partial charge in [0.1, 0.15) is 16.6 Å². The Balaban J connectivity index is 1.61. The third-order valence-electron chi connectivity index (χ3n) is 4.79. The molecule has 0 aliphatic carbocycles. The first-order chi connectivity index (χ1) is 15.1. The third kappa shape index (κ3) is 5.16. The number of hydrogen-bond donors (Lipinski definition) is 1. The Morgan fingerprint density at radius 2 is 1.81 bits per heavy atom. The summed E-state index contributed by atoms with van der Waals surface area (Å²) in [5.41, 5.74) is 3.43. The molecule has 4 aromatic rings. The van der Waals surface area contributed by atoms with E-state index in [1.54, 1.807) is 30.6 Å². The van der Waals surface area contributed by atoms with Crippen LogP contribution in [0, 0.1) is 5.82 Å². The summed E-state index contributed by atoms with van der Waals surface area (Å²) in [5, 5.41) is 3.71. The van der Waals surface area contributed by atoms with Gasteiger partial charge in [-0.15, -0.1) is 11.3 Å². The fourth-order valence-electron chi connectivity index (χ4n) is 3.21. The maximum Gasteiger partial charge on any atom is 0.224 e. The molecule has 0 unspecified atom stereocenters. The second-order valence-corrected chi connectivity index (χ2v) is 8.01. The number of para-hydroxylation sites is 2. The number of benzene rings is 3. The van der Waals surface area contributed by atoms with Gasteiger partial charge in [0.05, 0.1) is 23.7 Å². The lowest BCUT2D eigenvalue weighted by Gasteiger charge is -2.09. The monoisotopic (exact) mass is 432 g/mol. The van der Waals surface area contributed by atoms with Crippen molar-refractivity contribution in [1.29, 1.82) is 0 Å². The maximum absolute atomic E-state index is 13.1. The topological polar surface area (TPSA) is 51.2 Å². The molecule has 0 bridgehead atoms. The number of nitrogens with zero attached hydrogens (tertiary/aromatic N) is 1. The van der Waals surface area contributed by atoms with Crippen molar-refractivity contribution in [2.75, 3.05) is 7.11 Å². The number of thiazole rings is 1. The zero-order valence-electron chi connectivity index (χ0n) is 17.0. The van der Waals surface area contributed by atoms with Crippen molar-refractivity contribution in [2.45, 2.75) is 13.0 Å². The van der Waals surface area contributed by atoms with Crippen molar-refractivity contribution in [2.24, 2.45) is 0 Å². The van der Waals surface area contributed by atoms with Gasteiger partial charge >= 0.3 is 0 Å². The van der Waals surface area contributed by atoms with Crippen LogP contribution >= 0.6 is 11.3 Å². The smallest absolute Gasteiger partial charge is 0.224 e. The fourth-order valence-corrected chi connectivity index (χ4v) is 4.19. The average Bonchev–Trinajstić information content (AvgIpc) is 3.23. The Labute approximate surface area is 184 Å². The van der Waals surface area contributed by atoms with Gasteiger partial charge in [-0.2, -0.15) is 0 Å². The molecular weight excluding hydrogens is 411 g/mol. The van der Waals surface area contributed by atoms with E-state index in [2.05, 4.69) is 5.32 Å². The first-order valence-electron chi connectivity index (χ1n) is 9.83. The zero-order chi connectivity index (χ0) is 21.6. The van der Waals surface area contributed by atoms with Gasteiger partial charge in [-0.05, 0) is 47.5 Å². The molecule has 0 radical (unpaired) electrons. The highest BCUT2D eigenvalue weighted by Crippen LogP contribution is 2.32. The van der Waals surface area contributed by atoms with Crippen molar-refractivity contribution < 1.29 is 13.9 Å². The summed E-state index contributed by atoms with van der Waals surface area (Å²) in [7, 11) is 1.62. The maximum atomic E-state index is 13.1. The molecule has 1 heterocycles. The number of hydrogen-bond acceptors (Lipinski definition) is 4. The minimum Gasteiger partial charge on any atom is -0.496 e. The Bertz CT molecular complexity index is 1200. The SMILES string of the molecule is COc1ccccc1C=C(CC(=O)NCc1ccc(F)cc1)c1nc2ccccc2s1. The normalized spacial score (nSPS) is 11.5. The van der Waals surface area contributed by atoms with E-state index in [-0.39, 0.29) is 18.1 Å². The first-order valence-corrected chi connectivity index (χ1v) is 10.6. The van der Waals surface area contributed by atoms with Crippen LogP contribution in [-0.4, -0.2) is 18.0 Å². The number of carbonyl (C=O) groups is 1. The molecule has 0 spiro atoms. The zero-order valence-corrected chi connectivity index (χ0v) is 17.8. The fraction of sp³-hybridized carbons (Fsp3) is 0.120. The number of carbonyl (C=O) groups excluding carboxylic acids is 1. The summed E-state index contributed by atoms with van der Waals surface area (Å²) >= 11 is 1.55. The van der Waals surface area contributed by atoms with E-state index in [4.69, 9.17) is 9.72 Å². The summed E-state index contributed by atoms with van der Waals surface area (Å²) < 4.78 is 19.6. The molecule has 6 heteroatoms. The number of halogens is 1.